The Morgan fingerprint density at radius 1 is 1.08 bits per heavy atom. The molecule has 3 aromatic rings. The second-order valence-corrected chi connectivity index (χ2v) is 9.54. The minimum absolute atomic E-state index is 0.246. The SMILES string of the molecule is COc1ccc(CNc2cc(-c3ccc(C[C@H](N)C(=O)O)cc3)nc(N(C)C)n2)cc1OC1CCCC1. The third-order valence-corrected chi connectivity index (χ3v) is 6.43. The standard InChI is InChI=1S/C28H35N5O4/c1-33(2)28-31-23(20-11-8-18(9-12-20)14-22(29)27(34)35)16-26(32-28)30-17-19-10-13-24(36-3)25(15-19)37-21-6-4-5-7-21/h8-13,15-16,21-22H,4-7,14,17,29H2,1-3H3,(H,34,35)(H,30,31,32)/t22-/m0/s1. The maximum Gasteiger partial charge on any atom is 0.320 e. The summed E-state index contributed by atoms with van der Waals surface area (Å²) in [5, 5.41) is 12.5. The van der Waals surface area contributed by atoms with Crippen molar-refractivity contribution in [1.29, 1.82) is 0 Å². The molecule has 37 heavy (non-hydrogen) atoms. The van der Waals surface area contributed by atoms with Gasteiger partial charge in [0.2, 0.25) is 5.95 Å². The molecule has 1 aliphatic carbocycles. The summed E-state index contributed by atoms with van der Waals surface area (Å²) in [4.78, 5) is 22.3. The molecule has 196 valence electrons. The topological polar surface area (TPSA) is 123 Å². The molecule has 4 N–H and O–H groups in total. The number of aliphatic carboxylic acids is 1. The molecule has 0 unspecified atom stereocenters. The molecule has 0 radical (unpaired) electrons. The van der Waals surface area contributed by atoms with E-state index in [1.807, 2.05) is 67.5 Å². The molecule has 0 amide bonds. The number of rotatable bonds is 11. The summed E-state index contributed by atoms with van der Waals surface area (Å²) in [5.74, 6) is 1.77. The number of nitrogens with two attached hydrogens (primary N) is 1. The molecule has 9 heteroatoms. The van der Waals surface area contributed by atoms with E-state index in [1.165, 1.54) is 12.8 Å². The van der Waals surface area contributed by atoms with Gasteiger partial charge in [-0.1, -0.05) is 30.3 Å². The maximum atomic E-state index is 11.1. The van der Waals surface area contributed by atoms with Crippen LogP contribution in [0.2, 0.25) is 0 Å². The quantitative estimate of drug-likeness (QED) is 0.353. The van der Waals surface area contributed by atoms with E-state index < -0.39 is 12.0 Å². The molecule has 1 saturated carbocycles. The van der Waals surface area contributed by atoms with Crippen molar-refractivity contribution in [2.75, 3.05) is 31.4 Å². The number of anilines is 2. The van der Waals surface area contributed by atoms with Crippen LogP contribution in [0, 0.1) is 0 Å². The first-order valence-electron chi connectivity index (χ1n) is 12.5. The third kappa shape index (κ3) is 6.89. The fraction of sp³-hybridized carbons (Fsp3) is 0.393. The molecule has 2 aromatic carbocycles. The number of nitrogens with one attached hydrogen (secondary N) is 1. The number of nitrogens with zero attached hydrogens (tertiary/aromatic N) is 3. The summed E-state index contributed by atoms with van der Waals surface area (Å²) >= 11 is 0. The van der Waals surface area contributed by atoms with Crippen LogP contribution in [0.25, 0.3) is 11.3 Å². The smallest absolute Gasteiger partial charge is 0.320 e. The minimum atomic E-state index is -1.01. The Balaban J connectivity index is 1.51. The van der Waals surface area contributed by atoms with Crippen LogP contribution in [0.15, 0.2) is 48.5 Å². The molecule has 1 aliphatic rings. The van der Waals surface area contributed by atoms with Crippen molar-refractivity contribution < 1.29 is 19.4 Å². The zero-order valence-electron chi connectivity index (χ0n) is 21.6. The number of benzene rings is 2. The Bertz CT molecular complexity index is 1210. The summed E-state index contributed by atoms with van der Waals surface area (Å²) in [6.07, 6.45) is 5.08. The van der Waals surface area contributed by atoms with Gasteiger partial charge in [0.15, 0.2) is 11.5 Å². The fourth-order valence-electron chi connectivity index (χ4n) is 4.33. The zero-order valence-corrected chi connectivity index (χ0v) is 21.6. The van der Waals surface area contributed by atoms with Gasteiger partial charge in [0, 0.05) is 32.3 Å². The van der Waals surface area contributed by atoms with E-state index in [0.717, 1.165) is 46.7 Å². The lowest BCUT2D eigenvalue weighted by molar-refractivity contribution is -0.138. The maximum absolute atomic E-state index is 11.1. The molecular weight excluding hydrogens is 470 g/mol. The van der Waals surface area contributed by atoms with Gasteiger partial charge < -0.3 is 30.5 Å². The van der Waals surface area contributed by atoms with Crippen molar-refractivity contribution in [3.05, 3.63) is 59.7 Å². The lowest BCUT2D eigenvalue weighted by Gasteiger charge is -2.18. The molecule has 4 rings (SSSR count). The number of methoxy groups -OCH3 is 1. The lowest BCUT2D eigenvalue weighted by Crippen LogP contribution is -2.32. The van der Waals surface area contributed by atoms with Crippen LogP contribution in [0.4, 0.5) is 11.8 Å². The first-order chi connectivity index (χ1) is 17.8. The summed E-state index contributed by atoms with van der Waals surface area (Å²) in [6, 6.07) is 14.6. The fourth-order valence-corrected chi connectivity index (χ4v) is 4.33. The number of carboxylic acid groups (broad SMARTS) is 1. The molecule has 1 fully saturated rings. The van der Waals surface area contributed by atoms with Crippen molar-refractivity contribution in [1.82, 2.24) is 9.97 Å². The van der Waals surface area contributed by atoms with Gasteiger partial charge in [-0.15, -0.1) is 0 Å². The van der Waals surface area contributed by atoms with Gasteiger partial charge in [0.05, 0.1) is 18.9 Å². The lowest BCUT2D eigenvalue weighted by atomic mass is 10.0. The number of carboxylic acids is 1. The highest BCUT2D eigenvalue weighted by molar-refractivity contribution is 5.73. The van der Waals surface area contributed by atoms with Gasteiger partial charge in [-0.05, 0) is 55.4 Å². The molecule has 0 saturated heterocycles. The van der Waals surface area contributed by atoms with E-state index in [2.05, 4.69) is 10.3 Å². The second-order valence-electron chi connectivity index (χ2n) is 9.54. The number of carbonyl (C=O) groups is 1. The summed E-state index contributed by atoms with van der Waals surface area (Å²) in [6.45, 7) is 0.556. The number of ether oxygens (including phenoxy) is 2. The second kappa shape index (κ2) is 11.9. The van der Waals surface area contributed by atoms with Crippen molar-refractivity contribution in [2.45, 2.75) is 50.8 Å². The van der Waals surface area contributed by atoms with Gasteiger partial charge in [-0.25, -0.2) is 4.98 Å². The Hall–Kier alpha value is -3.85. The molecule has 1 heterocycles. The van der Waals surface area contributed by atoms with Crippen LogP contribution >= 0.6 is 0 Å². The highest BCUT2D eigenvalue weighted by Gasteiger charge is 2.19. The minimum Gasteiger partial charge on any atom is -0.493 e. The van der Waals surface area contributed by atoms with Crippen LogP contribution < -0.4 is 25.4 Å². The van der Waals surface area contributed by atoms with Gasteiger partial charge in [0.1, 0.15) is 11.9 Å². The molecule has 1 atom stereocenters. The molecule has 0 bridgehead atoms. The van der Waals surface area contributed by atoms with Gasteiger partial charge in [-0.2, -0.15) is 4.98 Å². The average Bonchev–Trinajstić information content (AvgIpc) is 3.41. The van der Waals surface area contributed by atoms with E-state index in [1.54, 1.807) is 7.11 Å². The molecule has 0 aliphatic heterocycles. The first-order valence-corrected chi connectivity index (χ1v) is 12.5. The van der Waals surface area contributed by atoms with E-state index in [-0.39, 0.29) is 12.5 Å². The first kappa shape index (κ1) is 26.2. The van der Waals surface area contributed by atoms with Crippen LogP contribution in [0.3, 0.4) is 0 Å². The Kier molecular flexibility index (Phi) is 8.45. The van der Waals surface area contributed by atoms with Crippen molar-refractivity contribution >= 4 is 17.7 Å². The van der Waals surface area contributed by atoms with Gasteiger partial charge in [-0.3, -0.25) is 4.79 Å². The molecule has 0 spiro atoms. The van der Waals surface area contributed by atoms with Gasteiger partial charge in [0.25, 0.3) is 0 Å². The Morgan fingerprint density at radius 3 is 2.43 bits per heavy atom. The largest absolute Gasteiger partial charge is 0.493 e. The van der Waals surface area contributed by atoms with Crippen molar-refractivity contribution in [3.8, 4) is 22.8 Å². The summed E-state index contributed by atoms with van der Waals surface area (Å²) < 4.78 is 11.8. The molecular formula is C28H35N5O4. The Morgan fingerprint density at radius 2 is 1.78 bits per heavy atom. The normalized spacial score (nSPS) is 14.3. The number of hydrogen-bond acceptors (Lipinski definition) is 8. The predicted molar refractivity (Wildman–Crippen MR) is 144 cm³/mol. The van der Waals surface area contributed by atoms with Crippen LogP contribution in [-0.4, -0.2) is 54.4 Å². The summed E-state index contributed by atoms with van der Waals surface area (Å²) in [5.41, 5.74) is 9.24. The average molecular weight is 506 g/mol. The highest BCUT2D eigenvalue weighted by atomic mass is 16.5. The van der Waals surface area contributed by atoms with Crippen LogP contribution in [0.1, 0.15) is 36.8 Å². The van der Waals surface area contributed by atoms with Crippen LogP contribution in [0.5, 0.6) is 11.5 Å². The van der Waals surface area contributed by atoms with Crippen molar-refractivity contribution in [2.24, 2.45) is 5.73 Å². The van der Waals surface area contributed by atoms with Gasteiger partial charge >= 0.3 is 5.97 Å². The zero-order chi connectivity index (χ0) is 26.4. The number of hydrogen-bond donors (Lipinski definition) is 3. The monoisotopic (exact) mass is 505 g/mol. The third-order valence-electron chi connectivity index (χ3n) is 6.43. The van der Waals surface area contributed by atoms with Crippen LogP contribution in [-0.2, 0) is 17.8 Å². The van der Waals surface area contributed by atoms with E-state index in [4.69, 9.17) is 25.3 Å². The predicted octanol–water partition coefficient (Wildman–Crippen LogP) is 4.11. The Labute approximate surface area is 217 Å². The molecule has 9 nitrogen and oxygen atoms in total. The van der Waals surface area contributed by atoms with Crippen molar-refractivity contribution in [3.63, 3.8) is 0 Å². The summed E-state index contributed by atoms with van der Waals surface area (Å²) in [7, 11) is 5.46. The van der Waals surface area contributed by atoms with E-state index >= 15 is 0 Å². The van der Waals surface area contributed by atoms with E-state index in [9.17, 15) is 4.79 Å². The highest BCUT2D eigenvalue weighted by Crippen LogP contribution is 2.33. The molecule has 1 aromatic heterocycles. The number of aromatic nitrogens is 2. The van der Waals surface area contributed by atoms with E-state index in [0.29, 0.717) is 18.3 Å².